The van der Waals surface area contributed by atoms with Crippen LogP contribution in [-0.2, 0) is 6.54 Å². The number of benzene rings is 1. The second-order valence-corrected chi connectivity index (χ2v) is 6.67. The summed E-state index contributed by atoms with van der Waals surface area (Å²) in [5, 5.41) is 4.48. The molecule has 2 fully saturated rings. The number of nitrogens with one attached hydrogen (secondary N) is 1. The van der Waals surface area contributed by atoms with Gasteiger partial charge in [0.2, 0.25) is 0 Å². The molecule has 0 aromatic heterocycles. The lowest BCUT2D eigenvalue weighted by atomic mass is 9.89. The van der Waals surface area contributed by atoms with Gasteiger partial charge in [-0.2, -0.15) is 0 Å². The maximum atomic E-state index is 6.37. The number of halogens is 1. The minimum atomic E-state index is 0.723. The first-order chi connectivity index (χ1) is 10.3. The van der Waals surface area contributed by atoms with Gasteiger partial charge in [-0.3, -0.25) is 4.90 Å². The second kappa shape index (κ2) is 6.99. The topological polar surface area (TPSA) is 24.5 Å². The SMILES string of the molecule is COc1cccc(Cl)c1CN1CCCC(C2CCCN2)C1. The van der Waals surface area contributed by atoms with Gasteiger partial charge in [0.05, 0.1) is 7.11 Å². The van der Waals surface area contributed by atoms with Crippen LogP contribution >= 0.6 is 11.6 Å². The summed E-state index contributed by atoms with van der Waals surface area (Å²) in [6.07, 6.45) is 5.32. The molecule has 4 heteroatoms. The zero-order valence-corrected chi connectivity index (χ0v) is 13.5. The maximum absolute atomic E-state index is 6.37. The molecule has 3 rings (SSSR count). The Hall–Kier alpha value is -0.770. The van der Waals surface area contributed by atoms with E-state index in [0.29, 0.717) is 0 Å². The maximum Gasteiger partial charge on any atom is 0.124 e. The monoisotopic (exact) mass is 308 g/mol. The van der Waals surface area contributed by atoms with Crippen molar-refractivity contribution < 1.29 is 4.74 Å². The van der Waals surface area contributed by atoms with Crippen molar-refractivity contribution in [3.8, 4) is 5.75 Å². The van der Waals surface area contributed by atoms with Gasteiger partial charge in [0.15, 0.2) is 0 Å². The van der Waals surface area contributed by atoms with Crippen LogP contribution in [0.1, 0.15) is 31.2 Å². The predicted octanol–water partition coefficient (Wildman–Crippen LogP) is 3.31. The largest absolute Gasteiger partial charge is 0.496 e. The van der Waals surface area contributed by atoms with Crippen molar-refractivity contribution in [1.29, 1.82) is 0 Å². The molecule has 0 saturated carbocycles. The summed E-state index contributed by atoms with van der Waals surface area (Å²) in [5.41, 5.74) is 1.13. The highest BCUT2D eigenvalue weighted by Gasteiger charge is 2.29. The van der Waals surface area contributed by atoms with Crippen molar-refractivity contribution >= 4 is 11.6 Å². The number of piperidine rings is 1. The summed E-state index contributed by atoms with van der Waals surface area (Å²) >= 11 is 6.37. The van der Waals surface area contributed by atoms with Crippen LogP contribution in [-0.4, -0.2) is 37.7 Å². The second-order valence-electron chi connectivity index (χ2n) is 6.26. The number of ether oxygens (including phenoxy) is 1. The highest BCUT2D eigenvalue weighted by Crippen LogP contribution is 2.30. The van der Waals surface area contributed by atoms with Gasteiger partial charge in [0.1, 0.15) is 5.75 Å². The molecule has 2 aliphatic heterocycles. The average Bonchev–Trinajstić information content (AvgIpc) is 3.04. The molecule has 1 aromatic rings. The van der Waals surface area contributed by atoms with Gasteiger partial charge in [-0.1, -0.05) is 17.7 Å². The van der Waals surface area contributed by atoms with Gasteiger partial charge in [0, 0.05) is 29.7 Å². The van der Waals surface area contributed by atoms with E-state index in [1.165, 1.54) is 38.8 Å². The number of rotatable bonds is 4. The fraction of sp³-hybridized carbons (Fsp3) is 0.647. The third kappa shape index (κ3) is 3.53. The highest BCUT2D eigenvalue weighted by atomic mass is 35.5. The quantitative estimate of drug-likeness (QED) is 0.923. The summed E-state index contributed by atoms with van der Waals surface area (Å²) in [6, 6.07) is 6.63. The van der Waals surface area contributed by atoms with E-state index in [4.69, 9.17) is 16.3 Å². The average molecular weight is 309 g/mol. The predicted molar refractivity (Wildman–Crippen MR) is 87.0 cm³/mol. The van der Waals surface area contributed by atoms with Crippen LogP contribution in [0.2, 0.25) is 5.02 Å². The Balaban J connectivity index is 1.67. The van der Waals surface area contributed by atoms with Crippen molar-refractivity contribution in [2.45, 2.75) is 38.3 Å². The van der Waals surface area contributed by atoms with Crippen molar-refractivity contribution in [3.05, 3.63) is 28.8 Å². The fourth-order valence-electron chi connectivity index (χ4n) is 3.78. The van der Waals surface area contributed by atoms with Crippen LogP contribution in [0.4, 0.5) is 0 Å². The molecule has 2 saturated heterocycles. The number of hydrogen-bond acceptors (Lipinski definition) is 3. The molecule has 116 valence electrons. The molecule has 2 aliphatic rings. The molecule has 0 bridgehead atoms. The standard InChI is InChI=1S/C17H25ClN2O/c1-21-17-8-2-6-15(18)14(17)12-20-10-4-5-13(11-20)16-7-3-9-19-16/h2,6,8,13,16,19H,3-5,7,9-12H2,1H3. The molecule has 0 amide bonds. The molecule has 21 heavy (non-hydrogen) atoms. The summed E-state index contributed by atoms with van der Waals surface area (Å²) < 4.78 is 5.47. The van der Waals surface area contributed by atoms with E-state index in [1.807, 2.05) is 18.2 Å². The molecule has 3 nitrogen and oxygen atoms in total. The Morgan fingerprint density at radius 1 is 1.33 bits per heavy atom. The Morgan fingerprint density at radius 3 is 3.00 bits per heavy atom. The summed E-state index contributed by atoms with van der Waals surface area (Å²) in [7, 11) is 1.72. The van der Waals surface area contributed by atoms with Crippen LogP contribution in [0.25, 0.3) is 0 Å². The first-order valence-electron chi connectivity index (χ1n) is 8.05. The van der Waals surface area contributed by atoms with Crippen LogP contribution < -0.4 is 10.1 Å². The van der Waals surface area contributed by atoms with Crippen molar-refractivity contribution in [1.82, 2.24) is 10.2 Å². The van der Waals surface area contributed by atoms with E-state index in [-0.39, 0.29) is 0 Å². The molecule has 2 unspecified atom stereocenters. The number of hydrogen-bond donors (Lipinski definition) is 1. The third-order valence-electron chi connectivity index (χ3n) is 4.89. The van der Waals surface area contributed by atoms with E-state index in [0.717, 1.165) is 41.4 Å². The van der Waals surface area contributed by atoms with Crippen LogP contribution in [0.3, 0.4) is 0 Å². The van der Waals surface area contributed by atoms with Gasteiger partial charge in [-0.15, -0.1) is 0 Å². The minimum Gasteiger partial charge on any atom is -0.496 e. The number of methoxy groups -OCH3 is 1. The molecule has 1 aromatic carbocycles. The van der Waals surface area contributed by atoms with E-state index in [9.17, 15) is 0 Å². The van der Waals surface area contributed by atoms with Crippen molar-refractivity contribution in [2.24, 2.45) is 5.92 Å². The first kappa shape index (κ1) is 15.1. The number of nitrogens with zero attached hydrogens (tertiary/aromatic N) is 1. The lowest BCUT2D eigenvalue weighted by molar-refractivity contribution is 0.144. The molecule has 2 heterocycles. The lowest BCUT2D eigenvalue weighted by Crippen LogP contribution is -2.43. The smallest absolute Gasteiger partial charge is 0.124 e. The van der Waals surface area contributed by atoms with E-state index in [2.05, 4.69) is 10.2 Å². The van der Waals surface area contributed by atoms with Crippen LogP contribution in [0.15, 0.2) is 18.2 Å². The summed E-state index contributed by atoms with van der Waals surface area (Å²) in [4.78, 5) is 2.54. The molecular formula is C17H25ClN2O. The molecule has 0 aliphatic carbocycles. The van der Waals surface area contributed by atoms with Gasteiger partial charge < -0.3 is 10.1 Å². The molecule has 1 N–H and O–H groups in total. The zero-order chi connectivity index (χ0) is 14.7. The van der Waals surface area contributed by atoms with Gasteiger partial charge in [-0.25, -0.2) is 0 Å². The van der Waals surface area contributed by atoms with Crippen molar-refractivity contribution in [3.63, 3.8) is 0 Å². The fourth-order valence-corrected chi connectivity index (χ4v) is 4.01. The highest BCUT2D eigenvalue weighted by molar-refractivity contribution is 6.31. The minimum absolute atomic E-state index is 0.723. The molecule has 0 spiro atoms. The van der Waals surface area contributed by atoms with Crippen LogP contribution in [0, 0.1) is 5.92 Å². The zero-order valence-electron chi connectivity index (χ0n) is 12.8. The molecular weight excluding hydrogens is 284 g/mol. The van der Waals surface area contributed by atoms with Gasteiger partial charge in [0.25, 0.3) is 0 Å². The molecule has 0 radical (unpaired) electrons. The molecule has 2 atom stereocenters. The third-order valence-corrected chi connectivity index (χ3v) is 5.24. The van der Waals surface area contributed by atoms with Crippen LogP contribution in [0.5, 0.6) is 5.75 Å². The van der Waals surface area contributed by atoms with E-state index in [1.54, 1.807) is 7.11 Å². The Bertz CT molecular complexity index is 474. The Morgan fingerprint density at radius 2 is 2.24 bits per heavy atom. The lowest BCUT2D eigenvalue weighted by Gasteiger charge is -2.36. The van der Waals surface area contributed by atoms with Gasteiger partial charge >= 0.3 is 0 Å². The van der Waals surface area contributed by atoms with Gasteiger partial charge in [-0.05, 0) is 56.8 Å². The summed E-state index contributed by atoms with van der Waals surface area (Å²) in [5.74, 6) is 1.69. The summed E-state index contributed by atoms with van der Waals surface area (Å²) in [6.45, 7) is 4.43. The Labute approximate surface area is 132 Å². The van der Waals surface area contributed by atoms with E-state index < -0.39 is 0 Å². The first-order valence-corrected chi connectivity index (χ1v) is 8.43. The normalized spacial score (nSPS) is 27.0. The van der Waals surface area contributed by atoms with Crippen molar-refractivity contribution in [2.75, 3.05) is 26.7 Å². The number of likely N-dealkylation sites (tertiary alicyclic amines) is 1. The Kier molecular flexibility index (Phi) is 5.04. The van der Waals surface area contributed by atoms with E-state index >= 15 is 0 Å².